The van der Waals surface area contributed by atoms with Crippen LogP contribution in [0.3, 0.4) is 0 Å². The van der Waals surface area contributed by atoms with Crippen molar-refractivity contribution >= 4 is 38.9 Å². The van der Waals surface area contributed by atoms with Crippen molar-refractivity contribution in [1.82, 2.24) is 4.31 Å². The predicted molar refractivity (Wildman–Crippen MR) is 123 cm³/mol. The van der Waals surface area contributed by atoms with Gasteiger partial charge in [0.15, 0.2) is 6.10 Å². The Bertz CT molecular complexity index is 1060. The van der Waals surface area contributed by atoms with Crippen LogP contribution in [0.15, 0.2) is 35.2 Å². The molecule has 0 saturated carbocycles. The molecule has 8 nitrogen and oxygen atoms in total. The molecule has 174 valence electrons. The van der Waals surface area contributed by atoms with Crippen LogP contribution >= 0.6 is 11.3 Å². The molecular formula is C22H28N2O6S2. The number of carbonyl (C=O) groups is 2. The zero-order valence-electron chi connectivity index (χ0n) is 18.4. The lowest BCUT2D eigenvalue weighted by Gasteiger charge is -2.26. The van der Waals surface area contributed by atoms with Crippen molar-refractivity contribution in [3.05, 3.63) is 45.6 Å². The van der Waals surface area contributed by atoms with Crippen molar-refractivity contribution < 1.29 is 27.5 Å². The van der Waals surface area contributed by atoms with Gasteiger partial charge in [0.2, 0.25) is 10.0 Å². The number of anilines is 1. The summed E-state index contributed by atoms with van der Waals surface area (Å²) < 4.78 is 37.3. The van der Waals surface area contributed by atoms with Crippen molar-refractivity contribution in [3.8, 4) is 0 Å². The predicted octanol–water partition coefficient (Wildman–Crippen LogP) is 3.21. The number of sulfonamides is 1. The summed E-state index contributed by atoms with van der Waals surface area (Å²) in [5, 5.41) is 2.65. The Balaban J connectivity index is 1.59. The van der Waals surface area contributed by atoms with Gasteiger partial charge in [0.1, 0.15) is 4.88 Å². The molecule has 1 amide bonds. The Morgan fingerprint density at radius 2 is 1.88 bits per heavy atom. The number of benzene rings is 1. The number of nitrogens with zero attached hydrogens (tertiary/aromatic N) is 1. The monoisotopic (exact) mass is 480 g/mol. The lowest BCUT2D eigenvalue weighted by molar-refractivity contribution is -0.123. The third kappa shape index (κ3) is 5.74. The number of ether oxygens (including phenoxy) is 2. The van der Waals surface area contributed by atoms with Crippen LogP contribution in [0.2, 0.25) is 0 Å². The first-order chi connectivity index (χ1) is 15.2. The fraction of sp³-hybridized carbons (Fsp3) is 0.455. The number of morpholine rings is 1. The third-order valence-electron chi connectivity index (χ3n) is 5.12. The second-order valence-electron chi connectivity index (χ2n) is 7.52. The van der Waals surface area contributed by atoms with E-state index >= 15 is 0 Å². The van der Waals surface area contributed by atoms with Gasteiger partial charge in [-0.25, -0.2) is 13.2 Å². The number of hydrogen-bond donors (Lipinski definition) is 1. The van der Waals surface area contributed by atoms with E-state index in [0.29, 0.717) is 36.9 Å². The molecule has 1 fully saturated rings. The van der Waals surface area contributed by atoms with Gasteiger partial charge in [-0.1, -0.05) is 13.3 Å². The molecule has 1 N–H and O–H groups in total. The van der Waals surface area contributed by atoms with Gasteiger partial charge in [0.05, 0.1) is 18.1 Å². The molecule has 10 heteroatoms. The standard InChI is InChI=1S/C22H28N2O6S2/c1-4-5-17-14-20(31-16(17)3)22(26)30-15(2)21(25)23-18-6-8-19(9-7-18)32(27,28)24-10-12-29-13-11-24/h6-9,14-15H,4-5,10-13H2,1-3H3,(H,23,25). The van der Waals surface area contributed by atoms with Gasteiger partial charge in [-0.3, -0.25) is 4.79 Å². The highest BCUT2D eigenvalue weighted by atomic mass is 32.2. The van der Waals surface area contributed by atoms with E-state index in [1.165, 1.54) is 46.8 Å². The molecule has 2 heterocycles. The first-order valence-electron chi connectivity index (χ1n) is 10.5. The number of carbonyl (C=O) groups excluding carboxylic acids is 2. The maximum absolute atomic E-state index is 12.7. The Labute approximate surface area is 192 Å². The highest BCUT2D eigenvalue weighted by Gasteiger charge is 2.26. The number of aryl methyl sites for hydroxylation is 2. The summed E-state index contributed by atoms with van der Waals surface area (Å²) >= 11 is 1.36. The molecule has 32 heavy (non-hydrogen) atoms. The summed E-state index contributed by atoms with van der Waals surface area (Å²) in [6.07, 6.45) is 0.872. The molecule has 0 radical (unpaired) electrons. The molecule has 0 bridgehead atoms. The first kappa shape index (κ1) is 24.4. The van der Waals surface area contributed by atoms with Gasteiger partial charge in [-0.15, -0.1) is 11.3 Å². The molecule has 1 aromatic carbocycles. The number of nitrogens with one attached hydrogen (secondary N) is 1. The van der Waals surface area contributed by atoms with Gasteiger partial charge in [0.25, 0.3) is 5.91 Å². The molecule has 1 aromatic heterocycles. The van der Waals surface area contributed by atoms with E-state index in [-0.39, 0.29) is 4.90 Å². The van der Waals surface area contributed by atoms with E-state index < -0.39 is 28.0 Å². The summed E-state index contributed by atoms with van der Waals surface area (Å²) in [4.78, 5) is 26.6. The maximum atomic E-state index is 12.7. The first-order valence-corrected chi connectivity index (χ1v) is 12.8. The van der Waals surface area contributed by atoms with Gasteiger partial charge >= 0.3 is 5.97 Å². The van der Waals surface area contributed by atoms with Crippen molar-refractivity contribution in [2.45, 2.75) is 44.6 Å². The minimum Gasteiger partial charge on any atom is -0.448 e. The van der Waals surface area contributed by atoms with E-state index in [0.717, 1.165) is 23.3 Å². The van der Waals surface area contributed by atoms with Crippen molar-refractivity contribution in [2.75, 3.05) is 31.6 Å². The molecule has 2 aromatic rings. The molecular weight excluding hydrogens is 452 g/mol. The molecule has 1 saturated heterocycles. The fourth-order valence-corrected chi connectivity index (χ4v) is 5.66. The van der Waals surface area contributed by atoms with Gasteiger partial charge < -0.3 is 14.8 Å². The largest absolute Gasteiger partial charge is 0.448 e. The van der Waals surface area contributed by atoms with Gasteiger partial charge in [-0.05, 0) is 56.2 Å². The summed E-state index contributed by atoms with van der Waals surface area (Å²) in [6.45, 7) is 6.90. The Morgan fingerprint density at radius 1 is 1.22 bits per heavy atom. The number of thiophene rings is 1. The number of rotatable bonds is 8. The van der Waals surface area contributed by atoms with E-state index in [2.05, 4.69) is 12.2 Å². The molecule has 0 spiro atoms. The summed E-state index contributed by atoms with van der Waals surface area (Å²) in [6, 6.07) is 7.74. The van der Waals surface area contributed by atoms with E-state index in [1.807, 2.05) is 13.0 Å². The van der Waals surface area contributed by atoms with Crippen LogP contribution in [0.4, 0.5) is 5.69 Å². The lowest BCUT2D eigenvalue weighted by atomic mass is 10.1. The van der Waals surface area contributed by atoms with Crippen LogP contribution < -0.4 is 5.32 Å². The molecule has 1 unspecified atom stereocenters. The van der Waals surface area contributed by atoms with Gasteiger partial charge in [-0.2, -0.15) is 4.31 Å². The molecule has 0 aliphatic carbocycles. The fourth-order valence-electron chi connectivity index (χ4n) is 3.30. The second-order valence-corrected chi connectivity index (χ2v) is 10.7. The second kappa shape index (κ2) is 10.6. The number of esters is 1. The van der Waals surface area contributed by atoms with Crippen LogP contribution in [0.25, 0.3) is 0 Å². The molecule has 1 atom stereocenters. The quantitative estimate of drug-likeness (QED) is 0.582. The van der Waals surface area contributed by atoms with Crippen LogP contribution in [-0.4, -0.2) is 57.0 Å². The Morgan fingerprint density at radius 3 is 2.50 bits per heavy atom. The van der Waals surface area contributed by atoms with E-state index in [1.54, 1.807) is 0 Å². The summed E-state index contributed by atoms with van der Waals surface area (Å²) in [5.41, 5.74) is 1.53. The van der Waals surface area contributed by atoms with Crippen molar-refractivity contribution in [3.63, 3.8) is 0 Å². The smallest absolute Gasteiger partial charge is 0.349 e. The minimum atomic E-state index is -3.60. The minimum absolute atomic E-state index is 0.146. The third-order valence-corrected chi connectivity index (χ3v) is 8.11. The Hall–Kier alpha value is -2.27. The van der Waals surface area contributed by atoms with E-state index in [4.69, 9.17) is 9.47 Å². The zero-order chi connectivity index (χ0) is 23.3. The molecule has 3 rings (SSSR count). The zero-order valence-corrected chi connectivity index (χ0v) is 20.1. The van der Waals surface area contributed by atoms with Crippen LogP contribution in [0, 0.1) is 6.92 Å². The van der Waals surface area contributed by atoms with Gasteiger partial charge in [0, 0.05) is 23.7 Å². The summed E-state index contributed by atoms with van der Waals surface area (Å²) in [7, 11) is -3.60. The normalized spacial score (nSPS) is 15.8. The van der Waals surface area contributed by atoms with Crippen LogP contribution in [-0.2, 0) is 30.7 Å². The van der Waals surface area contributed by atoms with Crippen molar-refractivity contribution in [2.24, 2.45) is 0 Å². The Kier molecular flexibility index (Phi) is 8.05. The van der Waals surface area contributed by atoms with Crippen LogP contribution in [0.1, 0.15) is 40.4 Å². The number of amides is 1. The van der Waals surface area contributed by atoms with Crippen LogP contribution in [0.5, 0.6) is 0 Å². The maximum Gasteiger partial charge on any atom is 0.349 e. The number of hydrogen-bond acceptors (Lipinski definition) is 7. The molecule has 1 aliphatic rings. The highest BCUT2D eigenvalue weighted by Crippen LogP contribution is 2.24. The topological polar surface area (TPSA) is 102 Å². The van der Waals surface area contributed by atoms with E-state index in [9.17, 15) is 18.0 Å². The summed E-state index contributed by atoms with van der Waals surface area (Å²) in [5.74, 6) is -1.03. The van der Waals surface area contributed by atoms with Crippen molar-refractivity contribution in [1.29, 1.82) is 0 Å². The average Bonchev–Trinajstić information content (AvgIpc) is 3.15. The average molecular weight is 481 g/mol. The SMILES string of the molecule is CCCc1cc(C(=O)OC(C)C(=O)Nc2ccc(S(=O)(=O)N3CCOCC3)cc2)sc1C. The lowest BCUT2D eigenvalue weighted by Crippen LogP contribution is -2.40. The molecule has 1 aliphatic heterocycles. The highest BCUT2D eigenvalue weighted by molar-refractivity contribution is 7.89.